The number of anilines is 1. The maximum Gasteiger partial charge on any atom is 0.224 e. The predicted octanol–water partition coefficient (Wildman–Crippen LogP) is 2.33. The van der Waals surface area contributed by atoms with Crippen LogP contribution in [0.2, 0.25) is 0 Å². The van der Waals surface area contributed by atoms with Crippen LogP contribution in [0.3, 0.4) is 0 Å². The molecule has 0 saturated carbocycles. The van der Waals surface area contributed by atoms with Crippen LogP contribution in [-0.4, -0.2) is 59.5 Å². The molecule has 0 radical (unpaired) electrons. The Balaban J connectivity index is 0.00000113. The number of hydrogen-bond acceptors (Lipinski definition) is 6. The third kappa shape index (κ3) is 4.34. The molecule has 2 aliphatic heterocycles. The highest BCUT2D eigenvalue weighted by Gasteiger charge is 2.26. The van der Waals surface area contributed by atoms with Gasteiger partial charge in [0.25, 0.3) is 0 Å². The van der Waals surface area contributed by atoms with E-state index in [1.54, 1.807) is 17.7 Å². The highest BCUT2D eigenvalue weighted by atomic mass is 35.5. The van der Waals surface area contributed by atoms with Crippen molar-refractivity contribution in [2.45, 2.75) is 25.3 Å². The second-order valence-electron chi connectivity index (χ2n) is 6.20. The van der Waals surface area contributed by atoms with Gasteiger partial charge in [-0.15, -0.1) is 36.2 Å². The minimum Gasteiger partial charge on any atom is -0.352 e. The number of carbonyl (C=O) groups is 1. The molecule has 4 rings (SSSR count). The van der Waals surface area contributed by atoms with Gasteiger partial charge in [-0.2, -0.15) is 0 Å². The number of halogens is 2. The van der Waals surface area contributed by atoms with Gasteiger partial charge in [-0.3, -0.25) is 4.79 Å². The van der Waals surface area contributed by atoms with Crippen LogP contribution in [0, 0.1) is 0 Å². The van der Waals surface area contributed by atoms with Crippen LogP contribution < -0.4 is 10.2 Å². The van der Waals surface area contributed by atoms with Crippen molar-refractivity contribution in [2.24, 2.45) is 0 Å². The van der Waals surface area contributed by atoms with E-state index in [-0.39, 0.29) is 30.7 Å². The summed E-state index contributed by atoms with van der Waals surface area (Å²) in [7, 11) is 0. The van der Waals surface area contributed by atoms with Gasteiger partial charge in [-0.1, -0.05) is 0 Å². The Labute approximate surface area is 163 Å². The average Bonchev–Trinajstić information content (AvgIpc) is 3.25. The molecule has 2 aromatic heterocycles. The summed E-state index contributed by atoms with van der Waals surface area (Å²) in [6.07, 6.45) is 4.59. The smallest absolute Gasteiger partial charge is 0.224 e. The molecular formula is C16H23Cl2N5OS. The number of nitrogens with one attached hydrogen (secondary N) is 1. The summed E-state index contributed by atoms with van der Waals surface area (Å²) in [5.41, 5.74) is 1.01. The minimum absolute atomic E-state index is 0. The number of nitrogens with zero attached hydrogens (tertiary/aromatic N) is 4. The lowest BCUT2D eigenvalue weighted by Crippen LogP contribution is -2.50. The number of thiophene rings is 1. The predicted molar refractivity (Wildman–Crippen MR) is 106 cm³/mol. The molecule has 9 heteroatoms. The molecule has 138 valence electrons. The van der Waals surface area contributed by atoms with Crippen LogP contribution in [-0.2, 0) is 4.79 Å². The van der Waals surface area contributed by atoms with E-state index in [1.165, 1.54) is 6.42 Å². The first-order valence-corrected chi connectivity index (χ1v) is 9.13. The molecule has 0 bridgehead atoms. The van der Waals surface area contributed by atoms with Crippen molar-refractivity contribution in [1.29, 1.82) is 0 Å². The molecular weight excluding hydrogens is 381 g/mol. The summed E-state index contributed by atoms with van der Waals surface area (Å²) in [4.78, 5) is 25.5. The van der Waals surface area contributed by atoms with E-state index >= 15 is 0 Å². The maximum absolute atomic E-state index is 12.4. The summed E-state index contributed by atoms with van der Waals surface area (Å²) in [6, 6.07) is 2.41. The zero-order chi connectivity index (χ0) is 15.6. The second kappa shape index (κ2) is 8.98. The SMILES string of the molecule is Cl.Cl.O=C(CC1CCCN1)N1CCN(c2ncnc3ccsc23)CC1. The van der Waals surface area contributed by atoms with Gasteiger partial charge in [0.05, 0.1) is 10.2 Å². The Bertz CT molecular complexity index is 699. The molecule has 1 N–H and O–H groups in total. The van der Waals surface area contributed by atoms with E-state index in [1.807, 2.05) is 11.0 Å². The fraction of sp³-hybridized carbons (Fsp3) is 0.562. The van der Waals surface area contributed by atoms with Crippen molar-refractivity contribution in [3.8, 4) is 0 Å². The molecule has 2 aliphatic rings. The van der Waals surface area contributed by atoms with Gasteiger partial charge in [-0.05, 0) is 30.8 Å². The first-order chi connectivity index (χ1) is 11.3. The Kier molecular flexibility index (Phi) is 7.25. The lowest BCUT2D eigenvalue weighted by Gasteiger charge is -2.36. The normalized spacial score (nSPS) is 20.2. The first kappa shape index (κ1) is 20.2. The van der Waals surface area contributed by atoms with Gasteiger partial charge < -0.3 is 15.1 Å². The number of hydrogen-bond donors (Lipinski definition) is 1. The Morgan fingerprint density at radius 3 is 2.76 bits per heavy atom. The van der Waals surface area contributed by atoms with Gasteiger partial charge in [0.15, 0.2) is 0 Å². The molecule has 0 aliphatic carbocycles. The van der Waals surface area contributed by atoms with Crippen LogP contribution in [0.1, 0.15) is 19.3 Å². The second-order valence-corrected chi connectivity index (χ2v) is 7.11. The highest BCUT2D eigenvalue weighted by molar-refractivity contribution is 7.17. The van der Waals surface area contributed by atoms with Crippen LogP contribution in [0.5, 0.6) is 0 Å². The van der Waals surface area contributed by atoms with Crippen molar-refractivity contribution in [3.63, 3.8) is 0 Å². The quantitative estimate of drug-likeness (QED) is 0.851. The summed E-state index contributed by atoms with van der Waals surface area (Å²) in [5.74, 6) is 1.29. The lowest BCUT2D eigenvalue weighted by atomic mass is 10.1. The number of rotatable bonds is 3. The van der Waals surface area contributed by atoms with E-state index < -0.39 is 0 Å². The van der Waals surface area contributed by atoms with Gasteiger partial charge in [-0.25, -0.2) is 9.97 Å². The third-order valence-electron chi connectivity index (χ3n) is 4.74. The maximum atomic E-state index is 12.4. The third-order valence-corrected chi connectivity index (χ3v) is 5.64. The van der Waals surface area contributed by atoms with Crippen LogP contribution in [0.4, 0.5) is 5.82 Å². The molecule has 6 nitrogen and oxygen atoms in total. The van der Waals surface area contributed by atoms with E-state index in [9.17, 15) is 4.79 Å². The van der Waals surface area contributed by atoms with E-state index in [0.29, 0.717) is 12.5 Å². The van der Waals surface area contributed by atoms with Crippen molar-refractivity contribution < 1.29 is 4.79 Å². The minimum atomic E-state index is 0. The van der Waals surface area contributed by atoms with Crippen molar-refractivity contribution in [1.82, 2.24) is 20.2 Å². The fourth-order valence-corrected chi connectivity index (χ4v) is 4.30. The summed E-state index contributed by atoms with van der Waals surface area (Å²) >= 11 is 1.68. The zero-order valence-electron chi connectivity index (χ0n) is 13.9. The topological polar surface area (TPSA) is 61.4 Å². The van der Waals surface area contributed by atoms with Gasteiger partial charge >= 0.3 is 0 Å². The molecule has 2 saturated heterocycles. The van der Waals surface area contributed by atoms with Gasteiger partial charge in [0.2, 0.25) is 5.91 Å². The van der Waals surface area contributed by atoms with Crippen molar-refractivity contribution in [2.75, 3.05) is 37.6 Å². The van der Waals surface area contributed by atoms with Crippen LogP contribution in [0.15, 0.2) is 17.8 Å². The Morgan fingerprint density at radius 1 is 1.24 bits per heavy atom. The Morgan fingerprint density at radius 2 is 2.04 bits per heavy atom. The molecule has 0 aromatic carbocycles. The molecule has 2 aromatic rings. The fourth-order valence-electron chi connectivity index (χ4n) is 3.44. The summed E-state index contributed by atoms with van der Waals surface area (Å²) in [6.45, 7) is 4.29. The summed E-state index contributed by atoms with van der Waals surface area (Å²) in [5, 5.41) is 5.46. The molecule has 25 heavy (non-hydrogen) atoms. The van der Waals surface area contributed by atoms with E-state index in [2.05, 4.69) is 25.6 Å². The van der Waals surface area contributed by atoms with E-state index in [4.69, 9.17) is 0 Å². The number of carbonyl (C=O) groups excluding carboxylic acids is 1. The van der Waals surface area contributed by atoms with E-state index in [0.717, 1.165) is 55.2 Å². The molecule has 1 unspecified atom stereocenters. The molecule has 0 spiro atoms. The van der Waals surface area contributed by atoms with Gasteiger partial charge in [0.1, 0.15) is 12.1 Å². The number of aromatic nitrogens is 2. The number of amides is 1. The zero-order valence-corrected chi connectivity index (χ0v) is 16.3. The molecule has 2 fully saturated rings. The first-order valence-electron chi connectivity index (χ1n) is 8.25. The largest absolute Gasteiger partial charge is 0.352 e. The Hall–Kier alpha value is -1.15. The molecule has 1 atom stereocenters. The average molecular weight is 404 g/mol. The standard InChI is InChI=1S/C16H21N5OS.2ClH/c22-14(10-12-2-1-4-17-12)20-5-7-21(8-6-20)16-15-13(3-9-23-15)18-11-19-16;;/h3,9,11-12,17H,1-2,4-8,10H2;2*1H. The monoisotopic (exact) mass is 403 g/mol. The summed E-state index contributed by atoms with van der Waals surface area (Å²) < 4.78 is 1.14. The van der Waals surface area contributed by atoms with Crippen molar-refractivity contribution in [3.05, 3.63) is 17.8 Å². The number of piperazine rings is 1. The van der Waals surface area contributed by atoms with Gasteiger partial charge in [0, 0.05) is 38.6 Å². The lowest BCUT2D eigenvalue weighted by molar-refractivity contribution is -0.131. The van der Waals surface area contributed by atoms with Crippen molar-refractivity contribution >= 4 is 58.1 Å². The number of fused-ring (bicyclic) bond motifs is 1. The molecule has 4 heterocycles. The molecule has 1 amide bonds. The highest BCUT2D eigenvalue weighted by Crippen LogP contribution is 2.28. The van der Waals surface area contributed by atoms with Crippen LogP contribution in [0.25, 0.3) is 10.2 Å². The van der Waals surface area contributed by atoms with Crippen LogP contribution >= 0.6 is 36.2 Å².